The average Bonchev–Trinajstić information content (AvgIpc) is 3.12. The zero-order chi connectivity index (χ0) is 27.7. The molecule has 2 amide bonds. The predicted octanol–water partition coefficient (Wildman–Crippen LogP) is 2.30. The van der Waals surface area contributed by atoms with E-state index in [1.54, 1.807) is 0 Å². The number of benzene rings is 1. The van der Waals surface area contributed by atoms with Gasteiger partial charge in [-0.2, -0.15) is 22.3 Å². The highest BCUT2D eigenvalue weighted by Crippen LogP contribution is 2.55. The first-order valence-electron chi connectivity index (χ1n) is 11.0. The molecule has 2 aromatic rings. The third-order valence-corrected chi connectivity index (χ3v) is 6.31. The number of pyridine rings is 1. The Kier molecular flexibility index (Phi) is 7.93. The zero-order valence-corrected chi connectivity index (χ0v) is 19.8. The number of halogens is 5. The molecule has 0 saturated carbocycles. The van der Waals surface area contributed by atoms with Crippen molar-refractivity contribution in [3.05, 3.63) is 58.7 Å². The van der Waals surface area contributed by atoms with E-state index in [9.17, 15) is 36.7 Å². The number of aliphatic hydroxyl groups is 1. The lowest BCUT2D eigenvalue weighted by atomic mass is 9.77. The van der Waals surface area contributed by atoms with E-state index in [0.29, 0.717) is 10.8 Å². The maximum atomic E-state index is 14.6. The summed E-state index contributed by atoms with van der Waals surface area (Å²) >= 11 is 0. The van der Waals surface area contributed by atoms with Crippen LogP contribution in [0.5, 0.6) is 5.75 Å². The van der Waals surface area contributed by atoms with Crippen LogP contribution < -0.4 is 15.4 Å². The van der Waals surface area contributed by atoms with E-state index >= 15 is 0 Å². The van der Waals surface area contributed by atoms with Gasteiger partial charge < -0.3 is 25.1 Å². The van der Waals surface area contributed by atoms with Crippen LogP contribution in [0.4, 0.5) is 22.0 Å². The van der Waals surface area contributed by atoms with Gasteiger partial charge in [-0.05, 0) is 25.1 Å². The van der Waals surface area contributed by atoms with Crippen molar-refractivity contribution in [1.29, 1.82) is 0 Å². The van der Waals surface area contributed by atoms with Gasteiger partial charge in [0.2, 0.25) is 5.82 Å². The van der Waals surface area contributed by atoms with Crippen LogP contribution in [0, 0.1) is 17.6 Å². The molecule has 0 radical (unpaired) electrons. The summed E-state index contributed by atoms with van der Waals surface area (Å²) in [5.74, 6) is -8.58. The molecule has 1 aliphatic heterocycles. The van der Waals surface area contributed by atoms with E-state index < -0.39 is 72.1 Å². The number of aromatic nitrogens is 1. The van der Waals surface area contributed by atoms with Crippen LogP contribution in [-0.4, -0.2) is 65.0 Å². The van der Waals surface area contributed by atoms with Crippen LogP contribution in [0.2, 0.25) is 0 Å². The zero-order valence-electron chi connectivity index (χ0n) is 19.8. The lowest BCUT2D eigenvalue weighted by molar-refractivity contribution is -0.272. The molecule has 0 unspecified atom stereocenters. The number of hydrogen-bond donors (Lipinski definition) is 3. The molecule has 1 aliphatic rings. The number of carbonyl (C=O) groups is 2. The molecule has 1 fully saturated rings. The maximum absolute atomic E-state index is 14.6. The summed E-state index contributed by atoms with van der Waals surface area (Å²) in [5.41, 5.74) is -3.49. The molecule has 2 heterocycles. The first-order valence-corrected chi connectivity index (χ1v) is 11.0. The normalized spacial score (nSPS) is 24.2. The fourth-order valence-electron chi connectivity index (χ4n) is 4.15. The number of aliphatic hydroxyl groups excluding tert-OH is 1. The lowest BCUT2D eigenvalue weighted by Gasteiger charge is -2.32. The van der Waals surface area contributed by atoms with Crippen molar-refractivity contribution in [3.63, 3.8) is 0 Å². The number of rotatable bonds is 6. The summed E-state index contributed by atoms with van der Waals surface area (Å²) in [6, 6.07) is 3.80. The minimum Gasteiger partial charge on any atom is -0.488 e. The van der Waals surface area contributed by atoms with Crippen LogP contribution in [0.25, 0.3) is 0 Å². The smallest absolute Gasteiger partial charge is 0.417 e. The van der Waals surface area contributed by atoms with Gasteiger partial charge in [0.25, 0.3) is 11.8 Å². The first-order chi connectivity index (χ1) is 17.3. The summed E-state index contributed by atoms with van der Waals surface area (Å²) in [7, 11) is 1.28. The summed E-state index contributed by atoms with van der Waals surface area (Å²) in [6.45, 7) is 0.773. The fraction of sp³-hybridized carbons (Fsp3) is 0.435. The molecule has 0 aliphatic carbocycles. The number of hydrogen-bond acceptors (Lipinski definition) is 6. The van der Waals surface area contributed by atoms with Crippen molar-refractivity contribution in [2.24, 2.45) is 10.9 Å². The second-order valence-electron chi connectivity index (χ2n) is 8.45. The number of amides is 2. The van der Waals surface area contributed by atoms with Gasteiger partial charge in [0.05, 0.1) is 12.0 Å². The van der Waals surface area contributed by atoms with Crippen molar-refractivity contribution < 1.29 is 51.3 Å². The number of carbonyl (C=O) groups excluding carboxylic acids is 2. The van der Waals surface area contributed by atoms with Crippen LogP contribution in [-0.2, 0) is 9.53 Å². The molecule has 1 aromatic carbocycles. The lowest BCUT2D eigenvalue weighted by Crippen LogP contribution is -2.47. The minimum absolute atomic E-state index is 0.188. The van der Waals surface area contributed by atoms with Crippen molar-refractivity contribution >= 4 is 11.8 Å². The Balaban J connectivity index is 2.17. The van der Waals surface area contributed by atoms with E-state index in [-0.39, 0.29) is 16.6 Å². The summed E-state index contributed by atoms with van der Waals surface area (Å²) in [6.07, 6.45) is -5.90. The molecule has 3 N–H and O–H groups in total. The van der Waals surface area contributed by atoms with Gasteiger partial charge in [0.1, 0.15) is 18.4 Å². The molecule has 0 bridgehead atoms. The Hall–Kier alpha value is -3.52. The molecule has 3 rings (SSSR count). The Morgan fingerprint density at radius 3 is 2.54 bits per heavy atom. The largest absolute Gasteiger partial charge is 0.488 e. The van der Waals surface area contributed by atoms with Crippen LogP contribution in [0.3, 0.4) is 0 Å². The fourth-order valence-corrected chi connectivity index (χ4v) is 4.15. The van der Waals surface area contributed by atoms with E-state index in [1.807, 2.05) is 0 Å². The number of ether oxygens (including phenoxy) is 2. The highest BCUT2D eigenvalue weighted by molar-refractivity contribution is 5.92. The quantitative estimate of drug-likeness (QED) is 0.387. The maximum Gasteiger partial charge on any atom is 0.417 e. The van der Waals surface area contributed by atoms with Gasteiger partial charge in [-0.3, -0.25) is 9.59 Å². The van der Waals surface area contributed by atoms with Gasteiger partial charge in [0, 0.05) is 30.6 Å². The number of alkyl halides is 3. The molecule has 1 saturated heterocycles. The van der Waals surface area contributed by atoms with Gasteiger partial charge in [-0.15, -0.1) is 0 Å². The molecule has 0 spiro atoms. The molecular weight excluding hydrogens is 509 g/mol. The van der Waals surface area contributed by atoms with Crippen molar-refractivity contribution in [1.82, 2.24) is 10.0 Å². The monoisotopic (exact) mass is 533 g/mol. The molecule has 9 nitrogen and oxygen atoms in total. The second-order valence-corrected chi connectivity index (χ2v) is 8.45. The third kappa shape index (κ3) is 5.16. The van der Waals surface area contributed by atoms with Gasteiger partial charge in [0.15, 0.2) is 17.2 Å². The van der Waals surface area contributed by atoms with Crippen LogP contribution >= 0.6 is 0 Å². The van der Waals surface area contributed by atoms with E-state index in [2.05, 4.69) is 10.3 Å². The highest BCUT2D eigenvalue weighted by Gasteiger charge is 2.66. The highest BCUT2D eigenvalue weighted by atomic mass is 19.4. The minimum atomic E-state index is -4.97. The second kappa shape index (κ2) is 10.5. The molecule has 202 valence electrons. The van der Waals surface area contributed by atoms with Crippen molar-refractivity contribution in [2.45, 2.75) is 37.6 Å². The number of nitrogens with zero attached hydrogens (tertiary/aromatic N) is 2. The van der Waals surface area contributed by atoms with E-state index in [0.717, 1.165) is 38.2 Å². The average molecular weight is 533 g/mol. The Morgan fingerprint density at radius 1 is 1.27 bits per heavy atom. The van der Waals surface area contributed by atoms with Crippen LogP contribution in [0.1, 0.15) is 35.8 Å². The number of nitrogens with one attached hydrogen (secondary N) is 1. The topological polar surface area (TPSA) is 122 Å². The molecular formula is C23H24F5N3O6. The Bertz CT molecular complexity index is 1260. The van der Waals surface area contributed by atoms with E-state index in [1.165, 1.54) is 7.05 Å². The molecule has 1 aromatic heterocycles. The molecule has 14 heteroatoms. The van der Waals surface area contributed by atoms with Crippen molar-refractivity contribution in [2.75, 3.05) is 20.3 Å². The summed E-state index contributed by atoms with van der Waals surface area (Å²) < 4.78 is 81.6. The molecule has 4 atom stereocenters. The summed E-state index contributed by atoms with van der Waals surface area (Å²) in [5, 5.41) is 20.9. The van der Waals surface area contributed by atoms with Gasteiger partial charge >= 0.3 is 6.18 Å². The molecule has 37 heavy (non-hydrogen) atoms. The predicted molar refractivity (Wildman–Crippen MR) is 116 cm³/mol. The van der Waals surface area contributed by atoms with Crippen molar-refractivity contribution in [3.8, 4) is 5.75 Å². The SMILES string of the molecule is CNC(=O)c1cc(=NC(=O)[C@@H]2O[C@@](C)(C(F)(F)F)[C@@H](C)[C@H]2c2ccc(F)c(F)c2OCCO)ccn1O. The van der Waals surface area contributed by atoms with E-state index in [4.69, 9.17) is 14.6 Å². The first kappa shape index (κ1) is 28.1. The summed E-state index contributed by atoms with van der Waals surface area (Å²) in [4.78, 5) is 28.9. The van der Waals surface area contributed by atoms with Gasteiger partial charge in [-0.1, -0.05) is 13.0 Å². The third-order valence-electron chi connectivity index (χ3n) is 6.31. The Morgan fingerprint density at radius 2 is 1.95 bits per heavy atom. The van der Waals surface area contributed by atoms with Gasteiger partial charge in [-0.25, -0.2) is 9.38 Å². The Labute approximate surface area is 207 Å². The standard InChI is InChI=1S/C23H24F5N3O6/c1-11-16(13-4-5-14(24)17(25)18(13)36-9-8-32)19(37-22(11,2)23(26,27)28)21(34)30-12-6-7-31(35)15(10-12)20(33)29-3/h4-7,10-11,16,19,32,35H,8-9H2,1-3H3,(H,29,33)/t11-,16-,19+,22+/m0/s1. The van der Waals surface area contributed by atoms with Crippen LogP contribution in [0.15, 0.2) is 35.5 Å².